The first kappa shape index (κ1) is 16.0. The number of amides is 1. The fraction of sp³-hybridized carbons (Fsp3) is 0.375. The molecule has 0 aromatic heterocycles. The van der Waals surface area contributed by atoms with Crippen LogP contribution in [0.1, 0.15) is 25.8 Å². The van der Waals surface area contributed by atoms with Gasteiger partial charge in [0.15, 0.2) is 0 Å². The zero-order valence-corrected chi connectivity index (χ0v) is 12.0. The fourth-order valence-electron chi connectivity index (χ4n) is 1.81. The predicted molar refractivity (Wildman–Crippen MR) is 79.1 cm³/mol. The van der Waals surface area contributed by atoms with Crippen LogP contribution in [0.2, 0.25) is 0 Å². The molecule has 0 saturated carbocycles. The summed E-state index contributed by atoms with van der Waals surface area (Å²) in [7, 11) is 0. The number of carbonyl (C=O) groups excluding carboxylic acids is 1. The summed E-state index contributed by atoms with van der Waals surface area (Å²) < 4.78 is 0. The molecule has 1 N–H and O–H groups in total. The third kappa shape index (κ3) is 5.26. The highest BCUT2D eigenvalue weighted by Crippen LogP contribution is 2.06. The smallest absolute Gasteiger partial charge is 0.308 e. The largest absolute Gasteiger partial charge is 0.481 e. The highest BCUT2D eigenvalue weighted by molar-refractivity contribution is 5.92. The van der Waals surface area contributed by atoms with E-state index in [0.717, 1.165) is 12.0 Å². The van der Waals surface area contributed by atoms with E-state index in [-0.39, 0.29) is 12.5 Å². The van der Waals surface area contributed by atoms with Gasteiger partial charge in [-0.1, -0.05) is 44.2 Å². The van der Waals surface area contributed by atoms with Gasteiger partial charge < -0.3 is 10.0 Å². The summed E-state index contributed by atoms with van der Waals surface area (Å²) in [6.07, 6.45) is 4.05. The van der Waals surface area contributed by atoms with Crippen molar-refractivity contribution in [3.63, 3.8) is 0 Å². The molecule has 4 heteroatoms. The summed E-state index contributed by atoms with van der Waals surface area (Å²) in [6.45, 7) is 4.38. The van der Waals surface area contributed by atoms with Crippen LogP contribution in [0.4, 0.5) is 0 Å². The van der Waals surface area contributed by atoms with Crippen molar-refractivity contribution in [3.8, 4) is 0 Å². The summed E-state index contributed by atoms with van der Waals surface area (Å²) in [5.74, 6) is -1.59. The van der Waals surface area contributed by atoms with Crippen LogP contribution in [0, 0.1) is 5.92 Å². The minimum atomic E-state index is -0.883. The summed E-state index contributed by atoms with van der Waals surface area (Å²) in [6, 6.07) is 9.54. The van der Waals surface area contributed by atoms with Crippen molar-refractivity contribution in [3.05, 3.63) is 42.0 Å². The highest BCUT2D eigenvalue weighted by atomic mass is 16.4. The van der Waals surface area contributed by atoms with Gasteiger partial charge in [0, 0.05) is 19.2 Å². The lowest BCUT2D eigenvalue weighted by molar-refractivity contribution is -0.142. The molecule has 1 amide bonds. The van der Waals surface area contributed by atoms with Crippen LogP contribution >= 0.6 is 0 Å². The molecule has 0 aliphatic rings. The summed E-state index contributed by atoms with van der Waals surface area (Å²) >= 11 is 0. The second kappa shape index (κ2) is 8.15. The van der Waals surface area contributed by atoms with Crippen LogP contribution in [0.15, 0.2) is 36.4 Å². The van der Waals surface area contributed by atoms with E-state index in [4.69, 9.17) is 5.11 Å². The van der Waals surface area contributed by atoms with Gasteiger partial charge in [-0.25, -0.2) is 0 Å². The first-order valence-electron chi connectivity index (χ1n) is 6.79. The molecule has 4 nitrogen and oxygen atoms in total. The Hall–Kier alpha value is -2.10. The topological polar surface area (TPSA) is 57.6 Å². The Labute approximate surface area is 119 Å². The molecule has 20 heavy (non-hydrogen) atoms. The molecule has 0 bridgehead atoms. The molecule has 0 aliphatic heterocycles. The maximum Gasteiger partial charge on any atom is 0.308 e. The van der Waals surface area contributed by atoms with Crippen molar-refractivity contribution in [1.29, 1.82) is 0 Å². The monoisotopic (exact) mass is 275 g/mol. The normalized spacial score (nSPS) is 12.3. The molecule has 0 aliphatic carbocycles. The molecule has 1 aromatic carbocycles. The Bertz CT molecular complexity index is 468. The summed E-state index contributed by atoms with van der Waals surface area (Å²) in [4.78, 5) is 24.6. The molecule has 1 rings (SSSR count). The number of benzene rings is 1. The first-order chi connectivity index (χ1) is 9.54. The van der Waals surface area contributed by atoms with Crippen LogP contribution in [0.3, 0.4) is 0 Å². The Morgan fingerprint density at radius 2 is 1.95 bits per heavy atom. The number of carboxylic acids is 1. The first-order valence-corrected chi connectivity index (χ1v) is 6.79. The molecule has 0 fully saturated rings. The van der Waals surface area contributed by atoms with Crippen LogP contribution in [-0.4, -0.2) is 35.0 Å². The average molecular weight is 275 g/mol. The Morgan fingerprint density at radius 1 is 1.30 bits per heavy atom. The van der Waals surface area contributed by atoms with E-state index in [1.54, 1.807) is 17.9 Å². The van der Waals surface area contributed by atoms with Crippen molar-refractivity contribution >= 4 is 18.0 Å². The van der Waals surface area contributed by atoms with Crippen LogP contribution < -0.4 is 0 Å². The van der Waals surface area contributed by atoms with Gasteiger partial charge in [0.25, 0.3) is 0 Å². The number of aliphatic carboxylic acids is 1. The number of rotatable bonds is 7. The maximum atomic E-state index is 12.1. The fourth-order valence-corrected chi connectivity index (χ4v) is 1.81. The molecule has 0 heterocycles. The van der Waals surface area contributed by atoms with E-state index in [9.17, 15) is 9.59 Å². The van der Waals surface area contributed by atoms with E-state index >= 15 is 0 Å². The highest BCUT2D eigenvalue weighted by Gasteiger charge is 2.18. The van der Waals surface area contributed by atoms with E-state index in [1.165, 1.54) is 6.08 Å². The minimum Gasteiger partial charge on any atom is -0.481 e. The molecular weight excluding hydrogens is 254 g/mol. The summed E-state index contributed by atoms with van der Waals surface area (Å²) in [5.41, 5.74) is 0.948. The zero-order chi connectivity index (χ0) is 15.0. The lowest BCUT2D eigenvalue weighted by Gasteiger charge is -2.22. The summed E-state index contributed by atoms with van der Waals surface area (Å²) in [5, 5.41) is 8.93. The zero-order valence-electron chi connectivity index (χ0n) is 12.0. The van der Waals surface area contributed by atoms with E-state index in [1.807, 2.05) is 37.3 Å². The van der Waals surface area contributed by atoms with Gasteiger partial charge in [-0.15, -0.1) is 0 Å². The van der Waals surface area contributed by atoms with E-state index < -0.39 is 11.9 Å². The van der Waals surface area contributed by atoms with Crippen molar-refractivity contribution < 1.29 is 14.7 Å². The van der Waals surface area contributed by atoms with Gasteiger partial charge in [-0.05, 0) is 18.1 Å². The number of carbonyl (C=O) groups is 2. The Balaban J connectivity index is 2.69. The molecule has 108 valence electrons. The van der Waals surface area contributed by atoms with Crippen molar-refractivity contribution in [2.24, 2.45) is 5.92 Å². The second-order valence-electron chi connectivity index (χ2n) is 4.77. The van der Waals surface area contributed by atoms with Crippen LogP contribution in [0.5, 0.6) is 0 Å². The Kier molecular flexibility index (Phi) is 6.50. The SMILES string of the molecule is CCCN(CC(C)C(=O)O)C(=O)/C=C/c1ccccc1. The lowest BCUT2D eigenvalue weighted by atomic mass is 10.1. The molecular formula is C16H21NO3. The molecule has 1 aromatic rings. The Morgan fingerprint density at radius 3 is 2.50 bits per heavy atom. The molecule has 0 spiro atoms. The number of carboxylic acid groups (broad SMARTS) is 1. The van der Waals surface area contributed by atoms with Crippen molar-refractivity contribution in [2.75, 3.05) is 13.1 Å². The van der Waals surface area contributed by atoms with Gasteiger partial charge in [0.05, 0.1) is 5.92 Å². The lowest BCUT2D eigenvalue weighted by Crippen LogP contribution is -2.36. The van der Waals surface area contributed by atoms with Gasteiger partial charge in [-0.3, -0.25) is 9.59 Å². The van der Waals surface area contributed by atoms with E-state index in [0.29, 0.717) is 6.54 Å². The van der Waals surface area contributed by atoms with Gasteiger partial charge in [-0.2, -0.15) is 0 Å². The average Bonchev–Trinajstić information content (AvgIpc) is 2.45. The third-order valence-corrected chi connectivity index (χ3v) is 2.94. The predicted octanol–water partition coefficient (Wildman–Crippen LogP) is 2.66. The minimum absolute atomic E-state index is 0.149. The van der Waals surface area contributed by atoms with Gasteiger partial charge in [0.2, 0.25) is 5.91 Å². The molecule has 0 saturated heterocycles. The number of hydrogen-bond acceptors (Lipinski definition) is 2. The second-order valence-corrected chi connectivity index (χ2v) is 4.77. The molecule has 0 radical (unpaired) electrons. The van der Waals surface area contributed by atoms with E-state index in [2.05, 4.69) is 0 Å². The van der Waals surface area contributed by atoms with Gasteiger partial charge in [0.1, 0.15) is 0 Å². The molecule has 1 unspecified atom stereocenters. The van der Waals surface area contributed by atoms with Crippen LogP contribution in [-0.2, 0) is 9.59 Å². The number of nitrogens with zero attached hydrogens (tertiary/aromatic N) is 1. The van der Waals surface area contributed by atoms with Crippen LogP contribution in [0.25, 0.3) is 6.08 Å². The number of hydrogen-bond donors (Lipinski definition) is 1. The quantitative estimate of drug-likeness (QED) is 0.778. The van der Waals surface area contributed by atoms with Crippen molar-refractivity contribution in [2.45, 2.75) is 20.3 Å². The standard InChI is InChI=1S/C16H21NO3/c1-3-11-17(12-13(2)16(19)20)15(18)10-9-14-7-5-4-6-8-14/h4-10,13H,3,11-12H2,1-2H3,(H,19,20)/b10-9+. The third-order valence-electron chi connectivity index (χ3n) is 2.94. The molecule has 1 atom stereocenters. The van der Waals surface area contributed by atoms with Gasteiger partial charge >= 0.3 is 5.97 Å². The van der Waals surface area contributed by atoms with Crippen molar-refractivity contribution in [1.82, 2.24) is 4.90 Å². The maximum absolute atomic E-state index is 12.1.